The number of carbonyl (C=O) groups is 1. The average molecular weight is 375 g/mol. The van der Waals surface area contributed by atoms with Gasteiger partial charge in [-0.3, -0.25) is 0 Å². The number of hydrogen-bond donors (Lipinski definition) is 0. The zero-order chi connectivity index (χ0) is 19.0. The molecule has 2 rings (SSSR count). The van der Waals surface area contributed by atoms with Crippen molar-refractivity contribution in [1.29, 1.82) is 0 Å². The van der Waals surface area contributed by atoms with Gasteiger partial charge in [0.25, 0.3) is 0 Å². The summed E-state index contributed by atoms with van der Waals surface area (Å²) >= 11 is 0. The number of hydrogen-bond acceptors (Lipinski definition) is 4. The second kappa shape index (κ2) is 6.79. The minimum atomic E-state index is -5.17. The van der Waals surface area contributed by atoms with Crippen molar-refractivity contribution in [3.05, 3.63) is 35.1 Å². The normalized spacial score (nSPS) is 21.8. The molecule has 1 aromatic carbocycles. The first-order valence-electron chi connectivity index (χ1n) is 6.93. The van der Waals surface area contributed by atoms with Crippen molar-refractivity contribution >= 4 is 5.97 Å². The van der Waals surface area contributed by atoms with Gasteiger partial charge >= 0.3 is 18.3 Å². The summed E-state index contributed by atoms with van der Waals surface area (Å²) in [5.74, 6) is -3.52. The first-order chi connectivity index (χ1) is 11.4. The maximum atomic E-state index is 13.6. The lowest BCUT2D eigenvalue weighted by Gasteiger charge is -2.43. The number of alkyl halides is 6. The van der Waals surface area contributed by atoms with E-state index in [9.17, 15) is 35.5 Å². The summed E-state index contributed by atoms with van der Waals surface area (Å²) in [6, 6.07) is 1.62. The van der Waals surface area contributed by atoms with Crippen molar-refractivity contribution in [3.8, 4) is 0 Å². The third-order valence-electron chi connectivity index (χ3n) is 3.65. The molecule has 0 saturated carbocycles. The molecular formula is C14H12F7NO3. The molecule has 0 amide bonds. The van der Waals surface area contributed by atoms with E-state index in [1.807, 2.05) is 0 Å². The van der Waals surface area contributed by atoms with Crippen LogP contribution in [0.15, 0.2) is 18.2 Å². The van der Waals surface area contributed by atoms with Crippen molar-refractivity contribution in [3.63, 3.8) is 0 Å². The Morgan fingerprint density at radius 1 is 1.24 bits per heavy atom. The van der Waals surface area contributed by atoms with Crippen LogP contribution in [0, 0.1) is 5.82 Å². The fraction of sp³-hybridized carbons (Fsp3) is 0.500. The van der Waals surface area contributed by atoms with E-state index in [0.717, 1.165) is 12.1 Å². The van der Waals surface area contributed by atoms with E-state index in [1.54, 1.807) is 0 Å². The Morgan fingerprint density at radius 3 is 2.40 bits per heavy atom. The summed E-state index contributed by atoms with van der Waals surface area (Å²) in [4.78, 5) is 14.8. The number of halogens is 7. The van der Waals surface area contributed by atoms with Gasteiger partial charge in [0.05, 0.1) is 30.9 Å². The predicted octanol–water partition coefficient (Wildman–Crippen LogP) is 3.45. The molecule has 140 valence electrons. The summed E-state index contributed by atoms with van der Waals surface area (Å²) < 4.78 is 93.6. The minimum absolute atomic E-state index is 0.279. The van der Waals surface area contributed by atoms with E-state index >= 15 is 0 Å². The van der Waals surface area contributed by atoms with E-state index in [2.05, 4.69) is 4.84 Å². The maximum absolute atomic E-state index is 13.6. The smallest absolute Gasteiger partial charge is 0.370 e. The van der Waals surface area contributed by atoms with E-state index in [-0.39, 0.29) is 6.54 Å². The molecule has 0 aromatic heterocycles. The lowest BCUT2D eigenvalue weighted by molar-refractivity contribution is -0.289. The van der Waals surface area contributed by atoms with Crippen LogP contribution in [-0.2, 0) is 27.2 Å². The molecule has 11 heteroatoms. The van der Waals surface area contributed by atoms with E-state index in [0.29, 0.717) is 11.1 Å². The van der Waals surface area contributed by atoms with E-state index < -0.39 is 54.0 Å². The van der Waals surface area contributed by atoms with Crippen molar-refractivity contribution < 1.29 is 45.1 Å². The fourth-order valence-corrected chi connectivity index (χ4v) is 2.18. The Labute approximate surface area is 137 Å². The average Bonchev–Trinajstić information content (AvgIpc) is 2.48. The molecule has 0 bridgehead atoms. The second-order valence-electron chi connectivity index (χ2n) is 5.33. The fourth-order valence-electron chi connectivity index (χ4n) is 2.18. The Bertz CT molecular complexity index is 644. The van der Waals surface area contributed by atoms with Crippen LogP contribution in [0.2, 0.25) is 0 Å². The molecule has 2 unspecified atom stereocenters. The van der Waals surface area contributed by atoms with E-state index in [4.69, 9.17) is 4.74 Å². The molecule has 0 radical (unpaired) electrons. The van der Waals surface area contributed by atoms with Gasteiger partial charge in [-0.25, -0.2) is 9.18 Å². The number of hydroxylamine groups is 2. The van der Waals surface area contributed by atoms with Crippen molar-refractivity contribution in [2.45, 2.75) is 38.0 Å². The Hall–Kier alpha value is -1.88. The van der Waals surface area contributed by atoms with Gasteiger partial charge in [-0.2, -0.15) is 26.3 Å². The maximum Gasteiger partial charge on any atom is 0.492 e. The summed E-state index contributed by atoms with van der Waals surface area (Å²) in [7, 11) is 0. The first-order valence-corrected chi connectivity index (χ1v) is 6.93. The highest BCUT2D eigenvalue weighted by Crippen LogP contribution is 2.34. The lowest BCUT2D eigenvalue weighted by Crippen LogP contribution is -2.60. The molecule has 1 aliphatic heterocycles. The standard InChI is InChI=1S/C14H12F7NO3/c1-7-11(5-22(7)25-12(23)14(19,20)21)24-6-8-9(13(16,17)18)3-2-4-10(8)15/h2-4,7,11H,5-6H2,1H3. The van der Waals surface area contributed by atoms with Gasteiger partial charge in [-0.15, -0.1) is 5.06 Å². The Balaban J connectivity index is 1.96. The zero-order valence-corrected chi connectivity index (χ0v) is 12.6. The van der Waals surface area contributed by atoms with E-state index in [1.165, 1.54) is 6.92 Å². The summed E-state index contributed by atoms with van der Waals surface area (Å²) in [5, 5.41) is 0.687. The minimum Gasteiger partial charge on any atom is -0.370 e. The quantitative estimate of drug-likeness (QED) is 0.756. The molecule has 1 saturated heterocycles. The molecule has 0 aliphatic carbocycles. The number of rotatable bonds is 4. The molecule has 4 nitrogen and oxygen atoms in total. The summed E-state index contributed by atoms with van der Waals surface area (Å²) in [5.41, 5.74) is -1.90. The number of benzene rings is 1. The first kappa shape index (κ1) is 19.4. The van der Waals surface area contributed by atoms with Crippen LogP contribution >= 0.6 is 0 Å². The van der Waals surface area contributed by atoms with Crippen LogP contribution in [0.3, 0.4) is 0 Å². The molecule has 1 heterocycles. The molecular weight excluding hydrogens is 363 g/mol. The summed E-state index contributed by atoms with van der Waals surface area (Å²) in [6.07, 6.45) is -10.8. The van der Waals surface area contributed by atoms with Crippen LogP contribution in [0.4, 0.5) is 30.7 Å². The van der Waals surface area contributed by atoms with Gasteiger partial charge in [0.1, 0.15) is 5.82 Å². The van der Waals surface area contributed by atoms with Crippen LogP contribution < -0.4 is 0 Å². The van der Waals surface area contributed by atoms with Crippen LogP contribution in [0.25, 0.3) is 0 Å². The van der Waals surface area contributed by atoms with Gasteiger partial charge in [-0.1, -0.05) is 6.07 Å². The second-order valence-corrected chi connectivity index (χ2v) is 5.33. The number of ether oxygens (including phenoxy) is 1. The van der Waals surface area contributed by atoms with Crippen LogP contribution in [0.1, 0.15) is 18.1 Å². The monoisotopic (exact) mass is 375 g/mol. The van der Waals surface area contributed by atoms with Crippen molar-refractivity contribution in [2.75, 3.05) is 6.54 Å². The molecule has 2 atom stereocenters. The van der Waals surface area contributed by atoms with Crippen molar-refractivity contribution in [2.24, 2.45) is 0 Å². The van der Waals surface area contributed by atoms with Gasteiger partial charge in [0.2, 0.25) is 0 Å². The van der Waals surface area contributed by atoms with Gasteiger partial charge < -0.3 is 9.57 Å². The summed E-state index contributed by atoms with van der Waals surface area (Å²) in [6.45, 7) is 0.347. The van der Waals surface area contributed by atoms with Crippen LogP contribution in [0.5, 0.6) is 0 Å². The van der Waals surface area contributed by atoms with Crippen LogP contribution in [-0.4, -0.2) is 35.9 Å². The Morgan fingerprint density at radius 2 is 1.88 bits per heavy atom. The van der Waals surface area contributed by atoms with Gasteiger partial charge in [0.15, 0.2) is 0 Å². The Kier molecular flexibility index (Phi) is 5.28. The van der Waals surface area contributed by atoms with Crippen molar-refractivity contribution in [1.82, 2.24) is 5.06 Å². The van der Waals surface area contributed by atoms with Gasteiger partial charge in [0, 0.05) is 5.56 Å². The largest absolute Gasteiger partial charge is 0.492 e. The topological polar surface area (TPSA) is 38.8 Å². The lowest BCUT2D eigenvalue weighted by atomic mass is 10.0. The number of nitrogens with zero attached hydrogens (tertiary/aromatic N) is 1. The SMILES string of the molecule is CC1C(OCc2c(F)cccc2C(F)(F)F)CN1OC(=O)C(F)(F)F. The molecule has 0 N–H and O–H groups in total. The predicted molar refractivity (Wildman–Crippen MR) is 68.3 cm³/mol. The zero-order valence-electron chi connectivity index (χ0n) is 12.6. The molecule has 1 aromatic rings. The molecule has 1 fully saturated rings. The molecule has 0 spiro atoms. The number of carbonyl (C=O) groups excluding carboxylic acids is 1. The highest BCUT2D eigenvalue weighted by Gasteiger charge is 2.47. The third kappa shape index (κ3) is 4.40. The van der Waals surface area contributed by atoms with Gasteiger partial charge in [-0.05, 0) is 19.1 Å². The highest BCUT2D eigenvalue weighted by atomic mass is 19.4. The molecule has 25 heavy (non-hydrogen) atoms. The molecule has 1 aliphatic rings. The third-order valence-corrected chi connectivity index (χ3v) is 3.65. The highest BCUT2D eigenvalue weighted by molar-refractivity contribution is 5.75.